The summed E-state index contributed by atoms with van der Waals surface area (Å²) >= 11 is -1.28. The fraction of sp³-hybridized carbons (Fsp3) is 0.462. The highest BCUT2D eigenvalue weighted by molar-refractivity contribution is 7.90. The summed E-state index contributed by atoms with van der Waals surface area (Å²) < 4.78 is 28.0. The molecule has 0 aliphatic heterocycles. The molecule has 1 rings (SSSR count). The third-order valence-corrected chi connectivity index (χ3v) is 4.11. The first-order chi connectivity index (χ1) is 8.25. The lowest BCUT2D eigenvalue weighted by atomic mass is 10.1. The van der Waals surface area contributed by atoms with Crippen molar-refractivity contribution in [3.8, 4) is 6.07 Å². The van der Waals surface area contributed by atoms with Gasteiger partial charge in [0.25, 0.3) is 0 Å². The zero-order chi connectivity index (χ0) is 13.9. The molecule has 0 saturated carbocycles. The second-order valence-electron chi connectivity index (χ2n) is 5.07. The molecule has 2 atom stereocenters. The normalized spacial score (nSPS) is 14.9. The van der Waals surface area contributed by atoms with Gasteiger partial charge in [0.15, 0.2) is 0 Å². The van der Waals surface area contributed by atoms with E-state index in [0.29, 0.717) is 11.1 Å². The monoisotopic (exact) mass is 268 g/mol. The van der Waals surface area contributed by atoms with Gasteiger partial charge >= 0.3 is 0 Å². The summed E-state index contributed by atoms with van der Waals surface area (Å²) in [5.74, 6) is -0.403. The van der Waals surface area contributed by atoms with Crippen molar-refractivity contribution in [2.45, 2.75) is 38.5 Å². The summed E-state index contributed by atoms with van der Waals surface area (Å²) in [6, 6.07) is 5.70. The highest BCUT2D eigenvalue weighted by atomic mass is 32.2. The van der Waals surface area contributed by atoms with Gasteiger partial charge in [-0.2, -0.15) is 5.26 Å². The van der Waals surface area contributed by atoms with Crippen molar-refractivity contribution in [3.05, 3.63) is 35.1 Å². The Balaban J connectivity index is 2.91. The lowest BCUT2D eigenvalue weighted by Gasteiger charge is -2.26. The molecule has 2 unspecified atom stereocenters. The zero-order valence-electron chi connectivity index (χ0n) is 11.0. The standard InChI is InChI=1S/C13H17FN2OS/c1-9(16-18(17)13(2,3)4)11-7-10(8-15)5-6-12(11)14/h5-7,9,16H,1-4H3. The molecule has 0 radical (unpaired) electrons. The number of benzene rings is 1. The van der Waals surface area contributed by atoms with E-state index in [1.807, 2.05) is 26.8 Å². The maximum Gasteiger partial charge on any atom is 0.136 e. The Bertz CT molecular complexity index is 465. The van der Waals surface area contributed by atoms with Gasteiger partial charge in [-0.3, -0.25) is 0 Å². The second kappa shape index (κ2) is 5.70. The molecule has 0 bridgehead atoms. The van der Waals surface area contributed by atoms with Crippen molar-refractivity contribution < 1.29 is 8.94 Å². The summed E-state index contributed by atoms with van der Waals surface area (Å²) in [4.78, 5) is 0. The van der Waals surface area contributed by atoms with Gasteiger partial charge in [0.1, 0.15) is 10.6 Å². The Morgan fingerprint density at radius 2 is 2.06 bits per heavy atom. The van der Waals surface area contributed by atoms with E-state index in [-0.39, 0.29) is 0 Å². The molecule has 0 amide bonds. The third kappa shape index (κ3) is 3.70. The highest BCUT2D eigenvalue weighted by Crippen LogP contribution is 2.22. The van der Waals surface area contributed by atoms with E-state index >= 15 is 0 Å². The predicted octanol–water partition coefficient (Wildman–Crippen LogP) is 2.81. The molecule has 0 saturated heterocycles. The van der Waals surface area contributed by atoms with Crippen molar-refractivity contribution in [1.82, 2.24) is 4.72 Å². The first-order valence-corrected chi connectivity index (χ1v) is 6.78. The van der Waals surface area contributed by atoms with Crippen LogP contribution in [-0.4, -0.2) is 9.30 Å². The van der Waals surface area contributed by atoms with E-state index in [1.54, 1.807) is 6.92 Å². The summed E-state index contributed by atoms with van der Waals surface area (Å²) in [6.45, 7) is 7.24. The van der Waals surface area contributed by atoms with Crippen LogP contribution in [-0.2, 0) is 11.4 Å². The molecule has 1 N–H and O–H groups in total. The molecular weight excluding hydrogens is 251 g/mol. The van der Waals surface area contributed by atoms with E-state index in [4.69, 9.17) is 5.26 Å². The second-order valence-corrected chi connectivity index (χ2v) is 7.07. The molecule has 3 nitrogen and oxygen atoms in total. The first kappa shape index (κ1) is 15.0. The molecule has 5 heteroatoms. The van der Waals surface area contributed by atoms with Crippen molar-refractivity contribution in [1.29, 1.82) is 5.26 Å². The Kier molecular flexibility index (Phi) is 4.74. The Hall–Kier alpha value is -1.09. The number of nitrogens with zero attached hydrogens (tertiary/aromatic N) is 1. The minimum atomic E-state index is -1.28. The minimum absolute atomic E-state index is 0.353. The van der Waals surface area contributed by atoms with Crippen LogP contribution in [0.1, 0.15) is 44.9 Å². The largest absolute Gasteiger partial charge is 0.598 e. The van der Waals surface area contributed by atoms with Crippen LogP contribution in [0.4, 0.5) is 4.39 Å². The van der Waals surface area contributed by atoms with Gasteiger partial charge in [0.2, 0.25) is 0 Å². The van der Waals surface area contributed by atoms with E-state index in [1.165, 1.54) is 18.2 Å². The number of nitrogens with one attached hydrogen (secondary N) is 1. The number of hydrogen-bond donors (Lipinski definition) is 1. The van der Waals surface area contributed by atoms with Gasteiger partial charge in [0.05, 0.1) is 17.7 Å². The molecule has 1 aromatic carbocycles. The molecule has 18 heavy (non-hydrogen) atoms. The number of rotatable bonds is 3. The maximum atomic E-state index is 13.7. The summed E-state index contributed by atoms with van der Waals surface area (Å²) in [5, 5.41) is 8.79. The van der Waals surface area contributed by atoms with Crippen LogP contribution in [0.25, 0.3) is 0 Å². The zero-order valence-corrected chi connectivity index (χ0v) is 11.8. The van der Waals surface area contributed by atoms with Gasteiger partial charge in [-0.05, 0) is 45.9 Å². The lowest BCUT2D eigenvalue weighted by Crippen LogP contribution is -2.40. The quantitative estimate of drug-likeness (QED) is 0.857. The number of halogens is 1. The predicted molar refractivity (Wildman–Crippen MR) is 70.6 cm³/mol. The summed E-state index contributed by atoms with van der Waals surface area (Å²) in [6.07, 6.45) is 0. The van der Waals surface area contributed by atoms with Crippen molar-refractivity contribution in [3.63, 3.8) is 0 Å². The van der Waals surface area contributed by atoms with E-state index in [9.17, 15) is 8.94 Å². The van der Waals surface area contributed by atoms with Crippen LogP contribution in [0.5, 0.6) is 0 Å². The van der Waals surface area contributed by atoms with Gasteiger partial charge in [0, 0.05) is 16.9 Å². The van der Waals surface area contributed by atoms with E-state index < -0.39 is 28.0 Å². The van der Waals surface area contributed by atoms with Crippen LogP contribution >= 0.6 is 0 Å². The molecule has 0 heterocycles. The molecule has 0 fully saturated rings. The topological polar surface area (TPSA) is 58.9 Å². The van der Waals surface area contributed by atoms with E-state index in [0.717, 1.165) is 0 Å². The SMILES string of the molecule is CC(N[S+]([O-])C(C)(C)C)c1cc(C#N)ccc1F. The molecule has 0 aliphatic rings. The van der Waals surface area contributed by atoms with Gasteiger partial charge in [-0.1, -0.05) is 0 Å². The average molecular weight is 268 g/mol. The van der Waals surface area contributed by atoms with Crippen molar-refractivity contribution in [2.75, 3.05) is 0 Å². The van der Waals surface area contributed by atoms with E-state index in [2.05, 4.69) is 4.72 Å². The highest BCUT2D eigenvalue weighted by Gasteiger charge is 2.29. The van der Waals surface area contributed by atoms with Crippen molar-refractivity contribution in [2.24, 2.45) is 0 Å². The van der Waals surface area contributed by atoms with Gasteiger partial charge < -0.3 is 4.55 Å². The average Bonchev–Trinajstić information content (AvgIpc) is 2.28. The molecule has 0 spiro atoms. The smallest absolute Gasteiger partial charge is 0.136 e. The number of hydrogen-bond acceptors (Lipinski definition) is 3. The van der Waals surface area contributed by atoms with Crippen LogP contribution in [0.3, 0.4) is 0 Å². The Morgan fingerprint density at radius 3 is 2.56 bits per heavy atom. The fourth-order valence-electron chi connectivity index (χ4n) is 1.35. The van der Waals surface area contributed by atoms with Crippen LogP contribution in [0.2, 0.25) is 0 Å². The third-order valence-electron chi connectivity index (χ3n) is 2.43. The van der Waals surface area contributed by atoms with Gasteiger partial charge in [-0.25, -0.2) is 4.39 Å². The molecule has 0 aromatic heterocycles. The van der Waals surface area contributed by atoms with Gasteiger partial charge in [-0.15, -0.1) is 4.72 Å². The first-order valence-electron chi connectivity index (χ1n) is 5.63. The molecule has 98 valence electrons. The number of nitriles is 1. The molecular formula is C13H17FN2OS. The van der Waals surface area contributed by atoms with Crippen LogP contribution in [0, 0.1) is 17.1 Å². The molecule has 0 aliphatic carbocycles. The summed E-state index contributed by atoms with van der Waals surface area (Å²) in [7, 11) is 0. The Morgan fingerprint density at radius 1 is 1.44 bits per heavy atom. The minimum Gasteiger partial charge on any atom is -0.598 e. The Labute approximate surface area is 110 Å². The lowest BCUT2D eigenvalue weighted by molar-refractivity contribution is 0.522. The maximum absolute atomic E-state index is 13.7. The summed E-state index contributed by atoms with van der Waals surface area (Å²) in [5.41, 5.74) is 0.744. The molecule has 1 aromatic rings. The fourth-order valence-corrected chi connectivity index (χ4v) is 2.15. The van der Waals surface area contributed by atoms with Crippen LogP contribution in [0.15, 0.2) is 18.2 Å². The van der Waals surface area contributed by atoms with Crippen LogP contribution < -0.4 is 4.72 Å². The van der Waals surface area contributed by atoms with Crippen molar-refractivity contribution >= 4 is 11.4 Å².